The Kier molecular flexibility index (Phi) is 16.5. The Bertz CT molecular complexity index is 9.61. The first-order chi connectivity index (χ1) is 1.91. The predicted molar refractivity (Wildman–Crippen MR) is 12.0 cm³/mol. The quantitative estimate of drug-likeness (QED) is 0.325. The van der Waals surface area contributed by atoms with Gasteiger partial charge in [0.25, 0.3) is 0 Å². The van der Waals surface area contributed by atoms with Crippen LogP contribution in [0.15, 0.2) is 0 Å². The van der Waals surface area contributed by atoms with E-state index in [-0.39, 0.29) is 42.8 Å². The molecule has 0 heterocycles. The summed E-state index contributed by atoms with van der Waals surface area (Å²) in [6, 6.07) is 0. The maximum atomic E-state index is 9.05. The second-order valence-electron chi connectivity index (χ2n) is 0.428. The molecule has 0 radical (unpaired) electrons. The zero-order chi connectivity index (χ0) is 3.41. The van der Waals surface area contributed by atoms with E-state index in [1.807, 2.05) is 0 Å². The third-order valence-corrected chi connectivity index (χ3v) is 0.0913. The smallest absolute Gasteiger partial charge is 0.853 e. The summed E-state index contributed by atoms with van der Waals surface area (Å²) < 4.78 is 0. The van der Waals surface area contributed by atoms with Crippen LogP contribution in [0, 0.1) is 0 Å². The van der Waals surface area contributed by atoms with Gasteiger partial charge in [-0.25, -0.2) is 0 Å². The summed E-state index contributed by atoms with van der Waals surface area (Å²) in [6.07, 6.45) is 0. The fraction of sp³-hybridized carbons (Fsp3) is 1.00. The molecule has 0 amide bonds. The first-order valence-electron chi connectivity index (χ1n) is 1.10. The average Bonchev–Trinajstić information content (AvgIpc) is 1.37. The van der Waals surface area contributed by atoms with E-state index < -0.39 is 0 Å². The second-order valence-corrected chi connectivity index (χ2v) is 0.428. The Morgan fingerprint density at radius 1 is 1.60 bits per heavy atom. The van der Waals surface area contributed by atoms with Crippen molar-refractivity contribution in [3.8, 4) is 0 Å². The molecule has 0 rings (SSSR count). The van der Waals surface area contributed by atoms with E-state index in [1.165, 1.54) is 0 Å². The summed E-state index contributed by atoms with van der Waals surface area (Å²) in [5.41, 5.74) is 0. The monoisotopic (exact) mass is 84.0 g/mol. The van der Waals surface area contributed by atoms with E-state index in [0.717, 1.165) is 0 Å². The fourth-order valence-electron chi connectivity index (χ4n) is 0. The first kappa shape index (κ1) is 9.33. The van der Waals surface area contributed by atoms with Crippen LogP contribution in [0.5, 0.6) is 0 Å². The standard InChI is InChI=1S/C2H5O2.Na/c3-1-2-4;/h3H,1-2H2;/q-1;+1. The van der Waals surface area contributed by atoms with Gasteiger partial charge in [0, 0.05) is 6.61 Å². The molecule has 0 unspecified atom stereocenters. The minimum atomic E-state index is -0.375. The molecule has 0 aliphatic carbocycles. The molecule has 0 aliphatic heterocycles. The molecule has 0 aromatic rings. The van der Waals surface area contributed by atoms with Crippen molar-refractivity contribution >= 4 is 0 Å². The van der Waals surface area contributed by atoms with E-state index in [0.29, 0.717) is 0 Å². The third kappa shape index (κ3) is 11.4. The molecule has 0 aliphatic rings. The van der Waals surface area contributed by atoms with Crippen LogP contribution >= 0.6 is 0 Å². The van der Waals surface area contributed by atoms with Crippen molar-refractivity contribution in [3.63, 3.8) is 0 Å². The number of hydrogen-bond donors (Lipinski definition) is 1. The number of aliphatic hydroxyl groups is 1. The van der Waals surface area contributed by atoms with E-state index in [1.54, 1.807) is 0 Å². The molecule has 26 valence electrons. The van der Waals surface area contributed by atoms with Crippen LogP contribution in [0.3, 0.4) is 0 Å². The summed E-state index contributed by atoms with van der Waals surface area (Å²) in [4.78, 5) is 0. The Morgan fingerprint density at radius 2 is 1.80 bits per heavy atom. The minimum Gasteiger partial charge on any atom is -0.853 e. The molecule has 0 aromatic heterocycles. The molecule has 0 atom stereocenters. The van der Waals surface area contributed by atoms with Crippen molar-refractivity contribution in [2.24, 2.45) is 0 Å². The Balaban J connectivity index is 0. The normalized spacial score (nSPS) is 6.00. The molecule has 0 aromatic carbocycles. The minimum absolute atomic E-state index is 0. The Morgan fingerprint density at radius 3 is 1.80 bits per heavy atom. The van der Waals surface area contributed by atoms with E-state index in [4.69, 9.17) is 10.2 Å². The maximum absolute atomic E-state index is 9.05. The Hall–Kier alpha value is 0.920. The fourth-order valence-corrected chi connectivity index (χ4v) is 0. The largest absolute Gasteiger partial charge is 1.00 e. The zero-order valence-electron chi connectivity index (χ0n) is 3.27. The van der Waals surface area contributed by atoms with Crippen molar-refractivity contribution in [2.75, 3.05) is 13.2 Å². The van der Waals surface area contributed by atoms with Crippen LogP contribution < -0.4 is 34.7 Å². The van der Waals surface area contributed by atoms with Gasteiger partial charge in [-0.1, -0.05) is 0 Å². The van der Waals surface area contributed by atoms with Crippen molar-refractivity contribution < 1.29 is 39.8 Å². The Labute approximate surface area is 53.1 Å². The van der Waals surface area contributed by atoms with Crippen molar-refractivity contribution in [1.82, 2.24) is 0 Å². The van der Waals surface area contributed by atoms with E-state index in [2.05, 4.69) is 0 Å². The van der Waals surface area contributed by atoms with Gasteiger partial charge in [-0.15, -0.1) is 6.61 Å². The number of hydrogen-bond acceptors (Lipinski definition) is 2. The predicted octanol–water partition coefficient (Wildman–Crippen LogP) is -4.66. The number of rotatable bonds is 1. The van der Waals surface area contributed by atoms with Crippen molar-refractivity contribution in [3.05, 3.63) is 0 Å². The third-order valence-electron chi connectivity index (χ3n) is 0.0913. The van der Waals surface area contributed by atoms with Gasteiger partial charge in [-0.2, -0.15) is 0 Å². The molecule has 0 spiro atoms. The van der Waals surface area contributed by atoms with Gasteiger partial charge >= 0.3 is 29.6 Å². The SMILES string of the molecule is [Na+].[O-]CCO. The molecule has 0 saturated carbocycles. The summed E-state index contributed by atoms with van der Waals surface area (Å²) >= 11 is 0. The summed E-state index contributed by atoms with van der Waals surface area (Å²) in [5, 5.41) is 16.6. The van der Waals surface area contributed by atoms with Gasteiger partial charge in [-0.05, 0) is 0 Å². The average molecular weight is 84.0 g/mol. The topological polar surface area (TPSA) is 43.3 Å². The van der Waals surface area contributed by atoms with Gasteiger partial charge in [0.2, 0.25) is 0 Å². The molecular weight excluding hydrogens is 79.0 g/mol. The summed E-state index contributed by atoms with van der Waals surface area (Å²) in [5.74, 6) is 0. The number of aliphatic hydroxyl groups excluding tert-OH is 1. The molecule has 1 N–H and O–H groups in total. The zero-order valence-corrected chi connectivity index (χ0v) is 5.27. The summed E-state index contributed by atoms with van der Waals surface area (Å²) in [7, 11) is 0. The van der Waals surface area contributed by atoms with E-state index >= 15 is 0 Å². The molecule has 0 fully saturated rings. The van der Waals surface area contributed by atoms with E-state index in [9.17, 15) is 0 Å². The molecular formula is C2H5NaO2. The van der Waals surface area contributed by atoms with Crippen LogP contribution in [0.1, 0.15) is 0 Å². The van der Waals surface area contributed by atoms with Crippen LogP contribution in [0.2, 0.25) is 0 Å². The van der Waals surface area contributed by atoms with Gasteiger partial charge < -0.3 is 10.2 Å². The molecule has 0 saturated heterocycles. The van der Waals surface area contributed by atoms with Crippen LogP contribution in [0.25, 0.3) is 0 Å². The first-order valence-corrected chi connectivity index (χ1v) is 1.10. The van der Waals surface area contributed by atoms with Gasteiger partial charge in [0.15, 0.2) is 0 Å². The van der Waals surface area contributed by atoms with Gasteiger partial charge in [-0.3, -0.25) is 0 Å². The van der Waals surface area contributed by atoms with Gasteiger partial charge in [0.1, 0.15) is 0 Å². The molecule has 2 nitrogen and oxygen atoms in total. The molecule has 3 heteroatoms. The van der Waals surface area contributed by atoms with Crippen molar-refractivity contribution in [1.29, 1.82) is 0 Å². The second kappa shape index (κ2) is 8.87. The van der Waals surface area contributed by atoms with Crippen LogP contribution in [0.4, 0.5) is 0 Å². The van der Waals surface area contributed by atoms with Crippen LogP contribution in [-0.2, 0) is 0 Å². The molecule has 5 heavy (non-hydrogen) atoms. The van der Waals surface area contributed by atoms with Gasteiger partial charge in [0.05, 0.1) is 0 Å². The molecule has 0 bridgehead atoms. The van der Waals surface area contributed by atoms with Crippen molar-refractivity contribution in [2.45, 2.75) is 0 Å². The maximum Gasteiger partial charge on any atom is 1.00 e. The van der Waals surface area contributed by atoms with Crippen LogP contribution in [-0.4, -0.2) is 18.3 Å². The summed E-state index contributed by atoms with van der Waals surface area (Å²) in [6.45, 7) is -0.611.